The van der Waals surface area contributed by atoms with E-state index in [1.54, 1.807) is 6.26 Å². The Morgan fingerprint density at radius 1 is 1.19 bits per heavy atom. The number of hydrogen-bond acceptors (Lipinski definition) is 4. The van der Waals surface area contributed by atoms with Crippen molar-refractivity contribution in [1.29, 1.82) is 0 Å². The van der Waals surface area contributed by atoms with Crippen molar-refractivity contribution >= 4 is 16.9 Å². The Bertz CT molecular complexity index is 760. The zero-order valence-corrected chi connectivity index (χ0v) is 16.5. The minimum atomic E-state index is 0.0758. The summed E-state index contributed by atoms with van der Waals surface area (Å²) in [6.45, 7) is 11.6. The molecule has 1 aliphatic heterocycles. The predicted molar refractivity (Wildman–Crippen MR) is 106 cm³/mol. The van der Waals surface area contributed by atoms with E-state index in [9.17, 15) is 4.79 Å². The Hall–Kier alpha value is -1.85. The smallest absolute Gasteiger partial charge is 0.224 e. The maximum atomic E-state index is 12.6. The highest BCUT2D eigenvalue weighted by molar-refractivity contribution is 5.88. The lowest BCUT2D eigenvalue weighted by Gasteiger charge is -2.34. The first kappa shape index (κ1) is 18.9. The van der Waals surface area contributed by atoms with E-state index in [0.717, 1.165) is 55.7 Å². The summed E-state index contributed by atoms with van der Waals surface area (Å²) < 4.78 is 5.66. The number of likely N-dealkylation sites (N-methyl/N-ethyl adjacent to an activating group) is 1. The molecular weight excluding hydrogens is 326 g/mol. The number of aryl methyl sites for hydroxylation is 2. The highest BCUT2D eigenvalue weighted by atomic mass is 16.3. The third-order valence-electron chi connectivity index (χ3n) is 5.55. The SMILES string of the molecule is CC[C@H](CN1CCN(C)CC1)NC(=O)Cc1coc2cc(C)c(C)cc12. The van der Waals surface area contributed by atoms with Crippen molar-refractivity contribution in [3.8, 4) is 0 Å². The van der Waals surface area contributed by atoms with Gasteiger partial charge in [-0.2, -0.15) is 0 Å². The molecule has 0 spiro atoms. The van der Waals surface area contributed by atoms with Gasteiger partial charge < -0.3 is 14.6 Å². The first-order valence-electron chi connectivity index (χ1n) is 9.64. The summed E-state index contributed by atoms with van der Waals surface area (Å²) in [5, 5.41) is 4.27. The van der Waals surface area contributed by atoms with Crippen LogP contribution in [0, 0.1) is 13.8 Å². The van der Waals surface area contributed by atoms with E-state index >= 15 is 0 Å². The van der Waals surface area contributed by atoms with Crippen LogP contribution in [0.25, 0.3) is 11.0 Å². The molecular formula is C21H31N3O2. The number of furan rings is 1. The molecule has 1 saturated heterocycles. The van der Waals surface area contributed by atoms with Crippen LogP contribution in [0.5, 0.6) is 0 Å². The van der Waals surface area contributed by atoms with E-state index in [1.165, 1.54) is 11.1 Å². The number of nitrogens with zero attached hydrogens (tertiary/aromatic N) is 2. The minimum Gasteiger partial charge on any atom is -0.464 e. The molecule has 2 aromatic rings. The predicted octanol–water partition coefficient (Wildman–Crippen LogP) is 2.73. The fourth-order valence-electron chi connectivity index (χ4n) is 3.54. The monoisotopic (exact) mass is 357 g/mol. The van der Waals surface area contributed by atoms with Crippen molar-refractivity contribution in [1.82, 2.24) is 15.1 Å². The Kier molecular flexibility index (Phi) is 5.99. The quantitative estimate of drug-likeness (QED) is 0.864. The summed E-state index contributed by atoms with van der Waals surface area (Å²) in [5.41, 5.74) is 4.26. The minimum absolute atomic E-state index is 0.0758. The number of hydrogen-bond donors (Lipinski definition) is 1. The Balaban J connectivity index is 1.59. The van der Waals surface area contributed by atoms with Crippen molar-refractivity contribution in [3.63, 3.8) is 0 Å². The normalized spacial score (nSPS) is 17.5. The second kappa shape index (κ2) is 8.23. The largest absolute Gasteiger partial charge is 0.464 e. The zero-order valence-electron chi connectivity index (χ0n) is 16.5. The van der Waals surface area contributed by atoms with E-state index < -0.39 is 0 Å². The molecule has 0 saturated carbocycles. The van der Waals surface area contributed by atoms with Gasteiger partial charge >= 0.3 is 0 Å². The topological polar surface area (TPSA) is 48.7 Å². The van der Waals surface area contributed by atoms with Gasteiger partial charge in [-0.3, -0.25) is 9.69 Å². The molecule has 0 unspecified atom stereocenters. The van der Waals surface area contributed by atoms with Crippen LogP contribution >= 0.6 is 0 Å². The lowest BCUT2D eigenvalue weighted by atomic mass is 10.0. The summed E-state index contributed by atoms with van der Waals surface area (Å²) in [7, 11) is 2.16. The lowest BCUT2D eigenvalue weighted by molar-refractivity contribution is -0.121. The third-order valence-corrected chi connectivity index (χ3v) is 5.55. The van der Waals surface area contributed by atoms with Crippen LogP contribution in [0.2, 0.25) is 0 Å². The number of nitrogens with one attached hydrogen (secondary N) is 1. The second-order valence-electron chi connectivity index (χ2n) is 7.65. The molecule has 0 bridgehead atoms. The molecule has 1 aromatic heterocycles. The van der Waals surface area contributed by atoms with E-state index in [-0.39, 0.29) is 11.9 Å². The van der Waals surface area contributed by atoms with E-state index in [0.29, 0.717) is 6.42 Å². The van der Waals surface area contributed by atoms with Gasteiger partial charge in [0.25, 0.3) is 0 Å². The van der Waals surface area contributed by atoms with Crippen LogP contribution in [0.3, 0.4) is 0 Å². The first-order chi connectivity index (χ1) is 12.5. The molecule has 0 radical (unpaired) electrons. The zero-order chi connectivity index (χ0) is 18.7. The van der Waals surface area contributed by atoms with Crippen molar-refractivity contribution in [2.75, 3.05) is 39.8 Å². The number of amides is 1. The molecule has 2 heterocycles. The average molecular weight is 357 g/mol. The van der Waals surface area contributed by atoms with E-state index in [2.05, 4.69) is 49.0 Å². The second-order valence-corrected chi connectivity index (χ2v) is 7.65. The average Bonchev–Trinajstić information content (AvgIpc) is 2.98. The van der Waals surface area contributed by atoms with Crippen LogP contribution in [0.15, 0.2) is 22.8 Å². The summed E-state index contributed by atoms with van der Waals surface area (Å²) in [5.74, 6) is 0.0758. The third kappa shape index (κ3) is 4.46. The molecule has 5 nitrogen and oxygen atoms in total. The van der Waals surface area contributed by atoms with Crippen molar-refractivity contribution in [2.45, 2.75) is 39.7 Å². The molecule has 142 valence electrons. The maximum absolute atomic E-state index is 12.6. The Morgan fingerprint density at radius 3 is 2.58 bits per heavy atom. The van der Waals surface area contributed by atoms with Gasteiger partial charge in [-0.05, 0) is 50.6 Å². The van der Waals surface area contributed by atoms with Crippen molar-refractivity contribution < 1.29 is 9.21 Å². The van der Waals surface area contributed by atoms with Crippen LogP contribution in [0.1, 0.15) is 30.0 Å². The molecule has 1 atom stereocenters. The standard InChI is InChI=1S/C21H31N3O2/c1-5-18(13-24-8-6-23(4)7-9-24)22-21(25)12-17-14-26-20-11-16(3)15(2)10-19(17)20/h10-11,14,18H,5-9,12-13H2,1-4H3,(H,22,25)/t18-/m1/s1. The molecule has 0 aliphatic carbocycles. The molecule has 1 N–H and O–H groups in total. The molecule has 1 aliphatic rings. The highest BCUT2D eigenvalue weighted by Crippen LogP contribution is 2.25. The number of carbonyl (C=O) groups excluding carboxylic acids is 1. The van der Waals surface area contributed by atoms with Crippen molar-refractivity contribution in [3.05, 3.63) is 35.1 Å². The number of benzene rings is 1. The lowest BCUT2D eigenvalue weighted by Crippen LogP contribution is -2.50. The summed E-state index contributed by atoms with van der Waals surface area (Å²) >= 11 is 0. The van der Waals surface area contributed by atoms with Crippen LogP contribution in [0.4, 0.5) is 0 Å². The molecule has 1 aromatic carbocycles. The van der Waals surface area contributed by atoms with Gasteiger partial charge in [0.15, 0.2) is 0 Å². The summed E-state index contributed by atoms with van der Waals surface area (Å²) in [6, 6.07) is 4.38. The summed E-state index contributed by atoms with van der Waals surface area (Å²) in [4.78, 5) is 17.4. The Labute approximate surface area is 156 Å². The van der Waals surface area contributed by atoms with Crippen LogP contribution < -0.4 is 5.32 Å². The molecule has 1 amide bonds. The van der Waals surface area contributed by atoms with Gasteiger partial charge in [0.05, 0.1) is 12.7 Å². The van der Waals surface area contributed by atoms with Gasteiger partial charge in [0, 0.05) is 49.7 Å². The number of fused-ring (bicyclic) bond motifs is 1. The van der Waals surface area contributed by atoms with Crippen LogP contribution in [-0.2, 0) is 11.2 Å². The van der Waals surface area contributed by atoms with E-state index in [4.69, 9.17) is 4.42 Å². The van der Waals surface area contributed by atoms with Gasteiger partial charge in [-0.25, -0.2) is 0 Å². The molecule has 26 heavy (non-hydrogen) atoms. The number of carbonyl (C=O) groups is 1. The Morgan fingerprint density at radius 2 is 1.88 bits per heavy atom. The fourth-order valence-corrected chi connectivity index (χ4v) is 3.54. The highest BCUT2D eigenvalue weighted by Gasteiger charge is 2.19. The van der Waals surface area contributed by atoms with Crippen LogP contribution in [-0.4, -0.2) is 61.5 Å². The number of rotatable bonds is 6. The molecule has 5 heteroatoms. The van der Waals surface area contributed by atoms with Gasteiger partial charge in [0.1, 0.15) is 5.58 Å². The van der Waals surface area contributed by atoms with Gasteiger partial charge in [-0.15, -0.1) is 0 Å². The summed E-state index contributed by atoms with van der Waals surface area (Å²) in [6.07, 6.45) is 3.04. The first-order valence-corrected chi connectivity index (χ1v) is 9.64. The van der Waals surface area contributed by atoms with Crippen molar-refractivity contribution in [2.24, 2.45) is 0 Å². The van der Waals surface area contributed by atoms with E-state index in [1.807, 2.05) is 6.07 Å². The molecule has 1 fully saturated rings. The maximum Gasteiger partial charge on any atom is 0.224 e. The molecule has 3 rings (SSSR count). The van der Waals surface area contributed by atoms with Gasteiger partial charge in [-0.1, -0.05) is 6.92 Å². The van der Waals surface area contributed by atoms with Gasteiger partial charge in [0.2, 0.25) is 5.91 Å². The fraction of sp³-hybridized carbons (Fsp3) is 0.571. The number of piperazine rings is 1.